The van der Waals surface area contributed by atoms with Crippen LogP contribution in [-0.2, 0) is 11.2 Å². The van der Waals surface area contributed by atoms with E-state index < -0.39 is 0 Å². The highest BCUT2D eigenvalue weighted by atomic mass is 16.2. The number of carbonyl (C=O) groups is 1. The van der Waals surface area contributed by atoms with Gasteiger partial charge in [0.05, 0.1) is 0 Å². The van der Waals surface area contributed by atoms with E-state index in [9.17, 15) is 4.79 Å². The second kappa shape index (κ2) is 6.62. The first-order valence-electron chi connectivity index (χ1n) is 9.58. The van der Waals surface area contributed by atoms with Gasteiger partial charge in [-0.2, -0.15) is 0 Å². The molecule has 1 aliphatic carbocycles. The SMILES string of the molecule is CC1CCN(C(=O)CCc2c[nH]c3ccccc23)C2CCCCC12. The molecule has 1 aliphatic heterocycles. The van der Waals surface area contributed by atoms with Crippen LogP contribution >= 0.6 is 0 Å². The van der Waals surface area contributed by atoms with Crippen LogP contribution in [0.15, 0.2) is 30.5 Å². The number of likely N-dealkylation sites (tertiary alicyclic amines) is 1. The summed E-state index contributed by atoms with van der Waals surface area (Å²) in [6.07, 6.45) is 9.90. The third kappa shape index (κ3) is 2.85. The highest BCUT2D eigenvalue weighted by molar-refractivity contribution is 5.84. The van der Waals surface area contributed by atoms with Gasteiger partial charge in [-0.15, -0.1) is 0 Å². The summed E-state index contributed by atoms with van der Waals surface area (Å²) in [5.41, 5.74) is 2.43. The van der Waals surface area contributed by atoms with Gasteiger partial charge in [0.25, 0.3) is 0 Å². The van der Waals surface area contributed by atoms with E-state index in [1.165, 1.54) is 48.6 Å². The first kappa shape index (κ1) is 15.7. The van der Waals surface area contributed by atoms with Crippen molar-refractivity contribution < 1.29 is 4.79 Å². The van der Waals surface area contributed by atoms with Gasteiger partial charge in [0.2, 0.25) is 5.91 Å². The maximum Gasteiger partial charge on any atom is 0.223 e. The Morgan fingerprint density at radius 2 is 2.04 bits per heavy atom. The van der Waals surface area contributed by atoms with Gasteiger partial charge < -0.3 is 9.88 Å². The molecule has 1 saturated heterocycles. The van der Waals surface area contributed by atoms with Crippen molar-refractivity contribution >= 4 is 16.8 Å². The molecule has 3 heteroatoms. The minimum Gasteiger partial charge on any atom is -0.361 e. The van der Waals surface area contributed by atoms with Crippen molar-refractivity contribution in [3.05, 3.63) is 36.0 Å². The molecule has 0 radical (unpaired) electrons. The van der Waals surface area contributed by atoms with Gasteiger partial charge in [-0.1, -0.05) is 38.0 Å². The van der Waals surface area contributed by atoms with Crippen molar-refractivity contribution in [3.63, 3.8) is 0 Å². The van der Waals surface area contributed by atoms with Crippen LogP contribution < -0.4 is 0 Å². The topological polar surface area (TPSA) is 36.1 Å². The van der Waals surface area contributed by atoms with Crippen LogP contribution in [0, 0.1) is 11.8 Å². The van der Waals surface area contributed by atoms with Gasteiger partial charge >= 0.3 is 0 Å². The highest BCUT2D eigenvalue weighted by Crippen LogP contribution is 2.39. The number of benzene rings is 1. The van der Waals surface area contributed by atoms with Crippen molar-refractivity contribution in [2.75, 3.05) is 6.54 Å². The number of fused-ring (bicyclic) bond motifs is 2. The summed E-state index contributed by atoms with van der Waals surface area (Å²) >= 11 is 0. The van der Waals surface area contributed by atoms with E-state index in [1.54, 1.807) is 0 Å². The van der Waals surface area contributed by atoms with E-state index >= 15 is 0 Å². The normalized spacial score (nSPS) is 27.2. The first-order chi connectivity index (χ1) is 11.7. The van der Waals surface area contributed by atoms with Gasteiger partial charge in [-0.05, 0) is 49.1 Å². The molecule has 24 heavy (non-hydrogen) atoms. The summed E-state index contributed by atoms with van der Waals surface area (Å²) in [7, 11) is 0. The Bertz CT molecular complexity index is 719. The molecule has 3 atom stereocenters. The zero-order valence-electron chi connectivity index (χ0n) is 14.6. The van der Waals surface area contributed by atoms with Crippen molar-refractivity contribution in [1.29, 1.82) is 0 Å². The Morgan fingerprint density at radius 1 is 1.21 bits per heavy atom. The number of carbonyl (C=O) groups excluding carboxylic acids is 1. The molecule has 2 aliphatic rings. The number of hydrogen-bond acceptors (Lipinski definition) is 1. The predicted octanol–water partition coefficient (Wildman–Crippen LogP) is 4.53. The van der Waals surface area contributed by atoms with E-state index in [-0.39, 0.29) is 0 Å². The van der Waals surface area contributed by atoms with Crippen molar-refractivity contribution in [1.82, 2.24) is 9.88 Å². The van der Waals surface area contributed by atoms with Crippen LogP contribution in [0.5, 0.6) is 0 Å². The number of aromatic nitrogens is 1. The van der Waals surface area contributed by atoms with Crippen molar-refractivity contribution in [2.24, 2.45) is 11.8 Å². The smallest absolute Gasteiger partial charge is 0.223 e. The Labute approximate surface area is 144 Å². The molecule has 1 aromatic heterocycles. The van der Waals surface area contributed by atoms with E-state index in [1.807, 2.05) is 6.07 Å². The fourth-order valence-electron chi connectivity index (χ4n) is 4.95. The Balaban J connectivity index is 1.44. The minimum absolute atomic E-state index is 0.365. The van der Waals surface area contributed by atoms with Crippen LogP contribution in [-0.4, -0.2) is 28.4 Å². The lowest BCUT2D eigenvalue weighted by Crippen LogP contribution is -2.52. The monoisotopic (exact) mass is 324 g/mol. The largest absolute Gasteiger partial charge is 0.361 e. The standard InChI is InChI=1S/C21H28N2O/c1-15-12-13-23(20-9-5-3-6-17(15)20)21(24)11-10-16-14-22-19-8-4-2-7-18(16)19/h2,4,7-8,14-15,17,20,22H,3,5-6,9-13H2,1H3. The average Bonchev–Trinajstić information content (AvgIpc) is 3.03. The molecule has 1 aromatic carbocycles. The van der Waals surface area contributed by atoms with Crippen molar-refractivity contribution in [3.8, 4) is 0 Å². The number of H-pyrrole nitrogens is 1. The molecule has 2 aromatic rings. The molecule has 0 bridgehead atoms. The second-order valence-corrected chi connectivity index (χ2v) is 7.73. The number of amides is 1. The zero-order valence-corrected chi connectivity index (χ0v) is 14.6. The van der Waals surface area contributed by atoms with Crippen LogP contribution in [0.3, 0.4) is 0 Å². The number of aryl methyl sites for hydroxylation is 1. The number of para-hydroxylation sites is 1. The van der Waals surface area contributed by atoms with E-state index in [0.29, 0.717) is 18.4 Å². The Hall–Kier alpha value is -1.77. The molecule has 1 saturated carbocycles. The number of piperidine rings is 1. The molecule has 1 N–H and O–H groups in total. The number of hydrogen-bond donors (Lipinski definition) is 1. The first-order valence-corrected chi connectivity index (χ1v) is 9.58. The fraction of sp³-hybridized carbons (Fsp3) is 0.571. The van der Waals surface area contributed by atoms with E-state index in [0.717, 1.165) is 24.8 Å². The summed E-state index contributed by atoms with van der Waals surface area (Å²) in [5, 5.41) is 1.26. The van der Waals surface area contributed by atoms with Crippen LogP contribution in [0.4, 0.5) is 0 Å². The number of rotatable bonds is 3. The summed E-state index contributed by atoms with van der Waals surface area (Å²) in [4.78, 5) is 18.5. The molecule has 2 heterocycles. The maximum absolute atomic E-state index is 12.9. The molecule has 2 fully saturated rings. The number of aromatic amines is 1. The Kier molecular flexibility index (Phi) is 4.34. The van der Waals surface area contributed by atoms with Crippen LogP contribution in [0.25, 0.3) is 10.9 Å². The summed E-state index contributed by atoms with van der Waals surface area (Å²) in [6.45, 7) is 3.35. The third-order valence-corrected chi connectivity index (χ3v) is 6.34. The fourth-order valence-corrected chi connectivity index (χ4v) is 4.95. The molecule has 128 valence electrons. The quantitative estimate of drug-likeness (QED) is 0.885. The van der Waals surface area contributed by atoms with Crippen molar-refractivity contribution in [2.45, 2.75) is 57.9 Å². The van der Waals surface area contributed by atoms with Gasteiger partial charge in [0, 0.05) is 36.1 Å². The molecule has 0 spiro atoms. The minimum atomic E-state index is 0.365. The third-order valence-electron chi connectivity index (χ3n) is 6.34. The Morgan fingerprint density at radius 3 is 2.96 bits per heavy atom. The highest BCUT2D eigenvalue weighted by Gasteiger charge is 2.39. The summed E-state index contributed by atoms with van der Waals surface area (Å²) in [5.74, 6) is 1.89. The molecule has 4 rings (SSSR count). The van der Waals surface area contributed by atoms with E-state index in [2.05, 4.69) is 41.2 Å². The molecule has 3 unspecified atom stereocenters. The lowest BCUT2D eigenvalue weighted by molar-refractivity contribution is -0.139. The van der Waals surface area contributed by atoms with Gasteiger partial charge in [0.1, 0.15) is 0 Å². The number of nitrogens with one attached hydrogen (secondary N) is 1. The zero-order chi connectivity index (χ0) is 16.5. The predicted molar refractivity (Wildman–Crippen MR) is 97.9 cm³/mol. The lowest BCUT2D eigenvalue weighted by Gasteiger charge is -2.47. The van der Waals surface area contributed by atoms with Gasteiger partial charge in [0.15, 0.2) is 0 Å². The van der Waals surface area contributed by atoms with Gasteiger partial charge in [-0.25, -0.2) is 0 Å². The molecule has 3 nitrogen and oxygen atoms in total. The van der Waals surface area contributed by atoms with Crippen LogP contribution in [0.2, 0.25) is 0 Å². The van der Waals surface area contributed by atoms with Crippen LogP contribution in [0.1, 0.15) is 51.0 Å². The van der Waals surface area contributed by atoms with E-state index in [4.69, 9.17) is 0 Å². The molecular weight excluding hydrogens is 296 g/mol. The molecular formula is C21H28N2O. The van der Waals surface area contributed by atoms with Gasteiger partial charge in [-0.3, -0.25) is 4.79 Å². The summed E-state index contributed by atoms with van der Waals surface area (Å²) < 4.78 is 0. The molecule has 1 amide bonds. The average molecular weight is 324 g/mol. The lowest BCUT2D eigenvalue weighted by atomic mass is 9.72. The number of nitrogens with zero attached hydrogens (tertiary/aromatic N) is 1. The summed E-state index contributed by atoms with van der Waals surface area (Å²) in [6, 6.07) is 8.87. The second-order valence-electron chi connectivity index (χ2n) is 7.73. The maximum atomic E-state index is 12.9.